The van der Waals surface area contributed by atoms with Crippen LogP contribution in [-0.2, 0) is 4.79 Å². The lowest BCUT2D eigenvalue weighted by Gasteiger charge is -1.97. The maximum Gasteiger partial charge on any atom is 0.303 e. The predicted molar refractivity (Wildman–Crippen MR) is 31.7 cm³/mol. The normalized spacial score (nSPS) is 9.88. The van der Waals surface area contributed by atoms with Gasteiger partial charge in [0.25, 0.3) is 0 Å². The molecule has 0 aromatic rings. The minimum absolute atomic E-state index is 0.303. The number of aliphatic carboxylic acids is 1. The van der Waals surface area contributed by atoms with Crippen LogP contribution >= 0.6 is 0 Å². The lowest BCUT2D eigenvalue weighted by Crippen LogP contribution is -1.97. The Balaban J connectivity index is 3.05. The molecule has 2 heteroatoms. The molecule has 0 aliphatic carbocycles. The van der Waals surface area contributed by atoms with Crippen LogP contribution in [-0.4, -0.2) is 11.1 Å². The molecule has 0 aromatic carbocycles. The van der Waals surface area contributed by atoms with E-state index >= 15 is 0 Å². The van der Waals surface area contributed by atoms with Gasteiger partial charge in [-0.3, -0.25) is 4.79 Å². The lowest BCUT2D eigenvalue weighted by molar-refractivity contribution is -0.137. The standard InChI is InChI=1S/C6H12O2/c1-5(2)3-4-6(7)8/h5H,3-4H2,1-2H3,(H,7,8)/i6+1. The zero-order chi connectivity index (χ0) is 6.57. The summed E-state index contributed by atoms with van der Waals surface area (Å²) in [6.07, 6.45) is 1.09. The molecule has 0 saturated carbocycles. The van der Waals surface area contributed by atoms with Gasteiger partial charge in [0.05, 0.1) is 0 Å². The van der Waals surface area contributed by atoms with Gasteiger partial charge in [0.2, 0.25) is 0 Å². The average molecular weight is 117 g/mol. The quantitative estimate of drug-likeness (QED) is 0.569. The van der Waals surface area contributed by atoms with Crippen molar-refractivity contribution in [3.05, 3.63) is 0 Å². The van der Waals surface area contributed by atoms with Crippen LogP contribution in [0.1, 0.15) is 26.7 Å². The zero-order valence-electron chi connectivity index (χ0n) is 5.35. The third-order valence-corrected chi connectivity index (χ3v) is 0.936. The van der Waals surface area contributed by atoms with E-state index in [1.54, 1.807) is 0 Å². The first-order chi connectivity index (χ1) is 3.63. The Morgan fingerprint density at radius 3 is 2.25 bits per heavy atom. The van der Waals surface area contributed by atoms with E-state index in [0.29, 0.717) is 12.3 Å². The van der Waals surface area contributed by atoms with Crippen LogP contribution < -0.4 is 0 Å². The molecule has 1 N–H and O–H groups in total. The molecule has 48 valence electrons. The highest BCUT2D eigenvalue weighted by Gasteiger charge is 1.97. The van der Waals surface area contributed by atoms with Crippen molar-refractivity contribution in [3.63, 3.8) is 0 Å². The fourth-order valence-corrected chi connectivity index (χ4v) is 0.412. The fraction of sp³-hybridized carbons (Fsp3) is 0.833. The first kappa shape index (κ1) is 7.47. The highest BCUT2D eigenvalue weighted by atomic mass is 16.5. The maximum atomic E-state index is 9.90. The molecule has 0 spiro atoms. The van der Waals surface area contributed by atoms with Gasteiger partial charge < -0.3 is 5.11 Å². The molecule has 0 saturated heterocycles. The Hall–Kier alpha value is -0.530. The van der Waals surface area contributed by atoms with Gasteiger partial charge >= 0.3 is 5.97 Å². The second kappa shape index (κ2) is 3.47. The Morgan fingerprint density at radius 1 is 1.62 bits per heavy atom. The van der Waals surface area contributed by atoms with E-state index in [2.05, 4.69) is 0 Å². The van der Waals surface area contributed by atoms with E-state index in [1.807, 2.05) is 13.8 Å². The number of hydrogen-bond acceptors (Lipinski definition) is 1. The predicted octanol–water partition coefficient (Wildman–Crippen LogP) is 1.51. The Kier molecular flexibility index (Phi) is 3.24. The summed E-state index contributed by atoms with van der Waals surface area (Å²) in [7, 11) is 0. The summed E-state index contributed by atoms with van der Waals surface area (Å²) in [4.78, 5) is 9.90. The number of carboxylic acids is 1. The molecule has 0 heterocycles. The van der Waals surface area contributed by atoms with Crippen molar-refractivity contribution in [2.45, 2.75) is 26.7 Å². The third kappa shape index (κ3) is 5.47. The van der Waals surface area contributed by atoms with Crippen molar-refractivity contribution in [2.24, 2.45) is 5.92 Å². The lowest BCUT2D eigenvalue weighted by atomic mass is 10.1. The van der Waals surface area contributed by atoms with Crippen molar-refractivity contribution in [1.29, 1.82) is 0 Å². The van der Waals surface area contributed by atoms with Crippen molar-refractivity contribution in [2.75, 3.05) is 0 Å². The zero-order valence-corrected chi connectivity index (χ0v) is 5.35. The summed E-state index contributed by atoms with van der Waals surface area (Å²) in [6, 6.07) is 0. The monoisotopic (exact) mass is 117 g/mol. The average Bonchev–Trinajstić information content (AvgIpc) is 1.61. The van der Waals surface area contributed by atoms with Crippen molar-refractivity contribution >= 4 is 5.97 Å². The summed E-state index contributed by atoms with van der Waals surface area (Å²) in [5, 5.41) is 8.16. The topological polar surface area (TPSA) is 37.3 Å². The minimum atomic E-state index is -0.696. The van der Waals surface area contributed by atoms with Gasteiger partial charge in [-0.25, -0.2) is 0 Å². The van der Waals surface area contributed by atoms with Crippen LogP contribution in [0.5, 0.6) is 0 Å². The number of carboxylic acid groups (broad SMARTS) is 1. The van der Waals surface area contributed by atoms with Crippen LogP contribution in [0.25, 0.3) is 0 Å². The molecule has 0 atom stereocenters. The molecule has 0 bridgehead atoms. The van der Waals surface area contributed by atoms with Gasteiger partial charge in [0.15, 0.2) is 0 Å². The van der Waals surface area contributed by atoms with Gasteiger partial charge in [0, 0.05) is 6.42 Å². The summed E-state index contributed by atoms with van der Waals surface area (Å²) >= 11 is 0. The summed E-state index contributed by atoms with van der Waals surface area (Å²) in [5.41, 5.74) is 0. The van der Waals surface area contributed by atoms with Gasteiger partial charge in [0.1, 0.15) is 0 Å². The van der Waals surface area contributed by atoms with Gasteiger partial charge in [-0.15, -0.1) is 0 Å². The minimum Gasteiger partial charge on any atom is -0.481 e. The third-order valence-electron chi connectivity index (χ3n) is 0.936. The second-order valence-corrected chi connectivity index (χ2v) is 2.33. The van der Waals surface area contributed by atoms with E-state index < -0.39 is 5.97 Å². The van der Waals surface area contributed by atoms with E-state index in [1.165, 1.54) is 0 Å². The molecule has 2 nitrogen and oxygen atoms in total. The van der Waals surface area contributed by atoms with Crippen molar-refractivity contribution in [3.8, 4) is 0 Å². The highest BCUT2D eigenvalue weighted by molar-refractivity contribution is 5.66. The van der Waals surface area contributed by atoms with Crippen LogP contribution in [0.2, 0.25) is 0 Å². The molecule has 0 fully saturated rings. The summed E-state index contributed by atoms with van der Waals surface area (Å²) < 4.78 is 0. The first-order valence-corrected chi connectivity index (χ1v) is 2.84. The van der Waals surface area contributed by atoms with Crippen LogP contribution in [0.4, 0.5) is 0 Å². The van der Waals surface area contributed by atoms with Crippen LogP contribution in [0.15, 0.2) is 0 Å². The SMILES string of the molecule is CC(C)CC[13C](=O)O. The van der Waals surface area contributed by atoms with Crippen LogP contribution in [0, 0.1) is 5.92 Å². The first-order valence-electron chi connectivity index (χ1n) is 2.84. The molecule has 0 amide bonds. The smallest absolute Gasteiger partial charge is 0.303 e. The number of hydrogen-bond donors (Lipinski definition) is 1. The molecule has 8 heavy (non-hydrogen) atoms. The van der Waals surface area contributed by atoms with Gasteiger partial charge in [-0.1, -0.05) is 13.8 Å². The number of carbonyl (C=O) groups is 1. The Morgan fingerprint density at radius 2 is 2.12 bits per heavy atom. The Bertz CT molecular complexity index is 76.6. The molecule has 0 radical (unpaired) electrons. The van der Waals surface area contributed by atoms with E-state index in [4.69, 9.17) is 5.11 Å². The van der Waals surface area contributed by atoms with E-state index in [-0.39, 0.29) is 0 Å². The molecule has 0 aromatic heterocycles. The highest BCUT2D eigenvalue weighted by Crippen LogP contribution is 2.01. The van der Waals surface area contributed by atoms with Crippen molar-refractivity contribution < 1.29 is 9.90 Å². The molecule has 0 aliphatic rings. The molecule has 0 unspecified atom stereocenters. The Labute approximate surface area is 49.5 Å². The maximum absolute atomic E-state index is 9.90. The summed E-state index contributed by atoms with van der Waals surface area (Å²) in [5.74, 6) is -0.190. The largest absolute Gasteiger partial charge is 0.481 e. The van der Waals surface area contributed by atoms with E-state index in [9.17, 15) is 4.79 Å². The van der Waals surface area contributed by atoms with Gasteiger partial charge in [-0.05, 0) is 12.3 Å². The molecule has 0 rings (SSSR count). The fourth-order valence-electron chi connectivity index (χ4n) is 0.412. The van der Waals surface area contributed by atoms with Gasteiger partial charge in [-0.2, -0.15) is 0 Å². The molecular formula is C6H12O2. The molecule has 0 aliphatic heterocycles. The molecular weight excluding hydrogens is 105 g/mol. The number of rotatable bonds is 3. The second-order valence-electron chi connectivity index (χ2n) is 2.33. The van der Waals surface area contributed by atoms with Crippen molar-refractivity contribution in [1.82, 2.24) is 0 Å². The van der Waals surface area contributed by atoms with E-state index in [0.717, 1.165) is 6.42 Å². The van der Waals surface area contributed by atoms with Crippen LogP contribution in [0.3, 0.4) is 0 Å². The summed E-state index contributed by atoms with van der Waals surface area (Å²) in [6.45, 7) is 4.03.